The van der Waals surface area contributed by atoms with Crippen molar-refractivity contribution in [3.8, 4) is 0 Å². The molecule has 98 valence electrons. The van der Waals surface area contributed by atoms with Crippen LogP contribution in [0.4, 0.5) is 14.5 Å². The molecule has 0 heterocycles. The molecule has 1 N–H and O–H groups in total. The van der Waals surface area contributed by atoms with Gasteiger partial charge in [-0.1, -0.05) is 11.6 Å². The number of hydrogen-bond acceptors (Lipinski definition) is 1. The van der Waals surface area contributed by atoms with Crippen LogP contribution < -0.4 is 5.32 Å². The predicted molar refractivity (Wildman–Crippen MR) is 73.2 cm³/mol. The molecule has 0 atom stereocenters. The van der Waals surface area contributed by atoms with Crippen molar-refractivity contribution in [1.82, 2.24) is 0 Å². The van der Waals surface area contributed by atoms with Gasteiger partial charge in [-0.05, 0) is 47.1 Å². The molecule has 0 bridgehead atoms. The Bertz CT molecular complexity index is 643. The molecule has 0 spiro atoms. The quantitative estimate of drug-likeness (QED) is 0.876. The third-order valence-electron chi connectivity index (χ3n) is 2.54. The van der Waals surface area contributed by atoms with Gasteiger partial charge in [-0.25, -0.2) is 8.78 Å². The lowest BCUT2D eigenvalue weighted by Crippen LogP contribution is -2.14. The fourth-order valence-electron chi connectivity index (χ4n) is 1.60. The molecule has 5 heteroatoms. The number of halogens is 3. The fourth-order valence-corrected chi connectivity index (χ4v) is 2.02. The highest BCUT2D eigenvalue weighted by molar-refractivity contribution is 9.10. The number of aryl methyl sites for hydroxylation is 1. The first-order valence-corrected chi connectivity index (χ1v) is 6.29. The Morgan fingerprint density at radius 1 is 1.16 bits per heavy atom. The SMILES string of the molecule is Cc1ccc(Br)c(C(=O)Nc2cc(F)ccc2F)c1. The predicted octanol–water partition coefficient (Wildman–Crippen LogP) is 4.29. The number of nitrogens with one attached hydrogen (secondary N) is 1. The van der Waals surface area contributed by atoms with E-state index < -0.39 is 17.5 Å². The van der Waals surface area contributed by atoms with Crippen molar-refractivity contribution in [1.29, 1.82) is 0 Å². The Kier molecular flexibility index (Phi) is 3.95. The third kappa shape index (κ3) is 3.17. The van der Waals surface area contributed by atoms with Gasteiger partial charge in [0.15, 0.2) is 0 Å². The summed E-state index contributed by atoms with van der Waals surface area (Å²) in [5, 5.41) is 2.35. The maximum Gasteiger partial charge on any atom is 0.256 e. The van der Waals surface area contributed by atoms with E-state index in [9.17, 15) is 13.6 Å². The van der Waals surface area contributed by atoms with Crippen LogP contribution in [0.2, 0.25) is 0 Å². The van der Waals surface area contributed by atoms with Crippen molar-refractivity contribution in [3.63, 3.8) is 0 Å². The standard InChI is InChI=1S/C14H10BrF2NO/c1-8-2-4-11(15)10(6-8)14(19)18-13-7-9(16)3-5-12(13)17/h2-7H,1H3,(H,18,19). The summed E-state index contributed by atoms with van der Waals surface area (Å²) in [7, 11) is 0. The van der Waals surface area contributed by atoms with Crippen molar-refractivity contribution in [2.24, 2.45) is 0 Å². The molecule has 0 aliphatic rings. The Hall–Kier alpha value is -1.75. The van der Waals surface area contributed by atoms with E-state index in [1.807, 2.05) is 13.0 Å². The molecule has 1 amide bonds. The van der Waals surface area contributed by atoms with Gasteiger partial charge in [0.2, 0.25) is 0 Å². The fraction of sp³-hybridized carbons (Fsp3) is 0.0714. The number of carbonyl (C=O) groups excluding carboxylic acids is 1. The summed E-state index contributed by atoms with van der Waals surface area (Å²) in [5.74, 6) is -1.79. The number of carbonyl (C=O) groups is 1. The second kappa shape index (κ2) is 5.48. The first-order chi connectivity index (χ1) is 8.97. The Balaban J connectivity index is 2.30. The van der Waals surface area contributed by atoms with Crippen molar-refractivity contribution >= 4 is 27.5 Å². The van der Waals surface area contributed by atoms with E-state index in [1.165, 1.54) is 0 Å². The highest BCUT2D eigenvalue weighted by Crippen LogP contribution is 2.21. The summed E-state index contributed by atoms with van der Waals surface area (Å²) < 4.78 is 27.0. The van der Waals surface area contributed by atoms with E-state index in [4.69, 9.17) is 0 Å². The normalized spacial score (nSPS) is 10.3. The molecule has 0 unspecified atom stereocenters. The van der Waals surface area contributed by atoms with E-state index in [-0.39, 0.29) is 5.69 Å². The van der Waals surface area contributed by atoms with E-state index >= 15 is 0 Å². The highest BCUT2D eigenvalue weighted by atomic mass is 79.9. The maximum absolute atomic E-state index is 13.4. The zero-order chi connectivity index (χ0) is 14.0. The average molecular weight is 326 g/mol. The minimum atomic E-state index is -0.682. The molecule has 2 rings (SSSR count). The number of rotatable bonds is 2. The molecule has 0 aliphatic heterocycles. The van der Waals surface area contributed by atoms with Gasteiger partial charge in [-0.2, -0.15) is 0 Å². The molecule has 0 radical (unpaired) electrons. The topological polar surface area (TPSA) is 29.1 Å². The molecule has 2 nitrogen and oxygen atoms in total. The lowest BCUT2D eigenvalue weighted by molar-refractivity contribution is 0.102. The molecule has 0 aromatic heterocycles. The Morgan fingerprint density at radius 2 is 1.89 bits per heavy atom. The van der Waals surface area contributed by atoms with Gasteiger partial charge in [0.05, 0.1) is 11.3 Å². The molecule has 0 saturated carbocycles. The smallest absolute Gasteiger partial charge is 0.256 e. The van der Waals surface area contributed by atoms with Crippen LogP contribution in [-0.2, 0) is 0 Å². The van der Waals surface area contributed by atoms with Crippen LogP contribution in [0.25, 0.3) is 0 Å². The van der Waals surface area contributed by atoms with Gasteiger partial charge in [-0.3, -0.25) is 4.79 Å². The first-order valence-electron chi connectivity index (χ1n) is 5.50. The van der Waals surface area contributed by atoms with Gasteiger partial charge >= 0.3 is 0 Å². The van der Waals surface area contributed by atoms with Crippen molar-refractivity contribution in [3.05, 3.63) is 63.6 Å². The summed E-state index contributed by atoms with van der Waals surface area (Å²) >= 11 is 3.25. The van der Waals surface area contributed by atoms with E-state index in [2.05, 4.69) is 21.2 Å². The number of hydrogen-bond donors (Lipinski definition) is 1. The summed E-state index contributed by atoms with van der Waals surface area (Å²) in [6, 6.07) is 8.13. The maximum atomic E-state index is 13.4. The molecule has 2 aromatic rings. The van der Waals surface area contributed by atoms with Crippen molar-refractivity contribution in [2.45, 2.75) is 6.92 Å². The van der Waals surface area contributed by atoms with Crippen LogP contribution in [0.1, 0.15) is 15.9 Å². The third-order valence-corrected chi connectivity index (χ3v) is 3.23. The average Bonchev–Trinajstić information content (AvgIpc) is 2.36. The monoisotopic (exact) mass is 325 g/mol. The van der Waals surface area contributed by atoms with Gasteiger partial charge in [0.25, 0.3) is 5.91 Å². The van der Waals surface area contributed by atoms with Crippen molar-refractivity contribution < 1.29 is 13.6 Å². The Labute approximate surface area is 117 Å². The van der Waals surface area contributed by atoms with E-state index in [0.717, 1.165) is 23.8 Å². The largest absolute Gasteiger partial charge is 0.319 e. The van der Waals surface area contributed by atoms with Crippen LogP contribution in [0.5, 0.6) is 0 Å². The second-order valence-electron chi connectivity index (χ2n) is 4.06. The second-order valence-corrected chi connectivity index (χ2v) is 4.92. The minimum absolute atomic E-state index is 0.182. The molecule has 19 heavy (non-hydrogen) atoms. The van der Waals surface area contributed by atoms with Crippen LogP contribution >= 0.6 is 15.9 Å². The molecule has 0 aliphatic carbocycles. The van der Waals surface area contributed by atoms with Gasteiger partial charge in [0, 0.05) is 10.5 Å². The Morgan fingerprint density at radius 3 is 2.63 bits per heavy atom. The van der Waals surface area contributed by atoms with E-state index in [1.54, 1.807) is 12.1 Å². The lowest BCUT2D eigenvalue weighted by Gasteiger charge is -2.08. The first kappa shape index (κ1) is 13.7. The van der Waals surface area contributed by atoms with Gasteiger partial charge in [0.1, 0.15) is 11.6 Å². The van der Waals surface area contributed by atoms with Crippen LogP contribution in [-0.4, -0.2) is 5.91 Å². The molecule has 0 saturated heterocycles. The molecule has 2 aromatic carbocycles. The summed E-state index contributed by atoms with van der Waals surface area (Å²) in [5.41, 5.74) is 1.08. The van der Waals surface area contributed by atoms with Gasteiger partial charge in [-0.15, -0.1) is 0 Å². The zero-order valence-electron chi connectivity index (χ0n) is 10.0. The summed E-state index contributed by atoms with van der Waals surface area (Å²) in [6.07, 6.45) is 0. The van der Waals surface area contributed by atoms with E-state index in [0.29, 0.717) is 10.0 Å². The minimum Gasteiger partial charge on any atom is -0.319 e. The van der Waals surface area contributed by atoms with Crippen LogP contribution in [0.3, 0.4) is 0 Å². The summed E-state index contributed by atoms with van der Waals surface area (Å²) in [6.45, 7) is 1.84. The van der Waals surface area contributed by atoms with Crippen LogP contribution in [0.15, 0.2) is 40.9 Å². The number of amides is 1. The summed E-state index contributed by atoms with van der Waals surface area (Å²) in [4.78, 5) is 12.0. The molecule has 0 fully saturated rings. The molecular formula is C14H10BrF2NO. The van der Waals surface area contributed by atoms with Crippen LogP contribution in [0, 0.1) is 18.6 Å². The molecular weight excluding hydrogens is 316 g/mol. The number of benzene rings is 2. The lowest BCUT2D eigenvalue weighted by atomic mass is 10.1. The zero-order valence-corrected chi connectivity index (χ0v) is 11.6. The number of anilines is 1. The van der Waals surface area contributed by atoms with Crippen molar-refractivity contribution in [2.75, 3.05) is 5.32 Å². The highest BCUT2D eigenvalue weighted by Gasteiger charge is 2.13. The van der Waals surface area contributed by atoms with Gasteiger partial charge < -0.3 is 5.32 Å².